The van der Waals surface area contributed by atoms with Crippen molar-refractivity contribution in [2.45, 2.75) is 6.92 Å². The van der Waals surface area contributed by atoms with Gasteiger partial charge in [0.25, 0.3) is 0 Å². The number of aryl methyl sites for hydroxylation is 1. The van der Waals surface area contributed by atoms with Gasteiger partial charge in [0.05, 0.1) is 0 Å². The van der Waals surface area contributed by atoms with E-state index in [-0.39, 0.29) is 12.7 Å². The number of nitriles is 1. The van der Waals surface area contributed by atoms with E-state index in [1.165, 1.54) is 0 Å². The zero-order valence-electron chi connectivity index (χ0n) is 5.37. The van der Waals surface area contributed by atoms with Gasteiger partial charge in [-0.05, 0) is 6.92 Å². The average Bonchev–Trinajstić information content (AvgIpc) is 2.31. The third-order valence-electron chi connectivity index (χ3n) is 0.769. The minimum absolute atomic E-state index is 0.0408. The van der Waals surface area contributed by atoms with Crippen molar-refractivity contribution in [2.75, 3.05) is 6.61 Å². The summed E-state index contributed by atoms with van der Waals surface area (Å²) in [5.74, 6) is 0.493. The highest BCUT2D eigenvalue weighted by molar-refractivity contribution is 4.88. The van der Waals surface area contributed by atoms with Gasteiger partial charge in [-0.1, -0.05) is 5.16 Å². The van der Waals surface area contributed by atoms with Crippen molar-refractivity contribution in [2.24, 2.45) is 0 Å². The van der Waals surface area contributed by atoms with E-state index in [0.717, 1.165) is 0 Å². The first-order valence-electron chi connectivity index (χ1n) is 2.63. The molecular formula is C5H5N3O2. The summed E-state index contributed by atoms with van der Waals surface area (Å²) in [6, 6.07) is 1.78. The third kappa shape index (κ3) is 1.45. The molecule has 1 aromatic rings. The van der Waals surface area contributed by atoms with Crippen LogP contribution in [0.4, 0.5) is 0 Å². The average molecular weight is 139 g/mol. The lowest BCUT2D eigenvalue weighted by molar-refractivity contribution is 0.228. The molecular weight excluding hydrogens is 134 g/mol. The van der Waals surface area contributed by atoms with Crippen molar-refractivity contribution >= 4 is 0 Å². The lowest BCUT2D eigenvalue weighted by atomic mass is 10.7. The first-order valence-corrected chi connectivity index (χ1v) is 2.63. The first kappa shape index (κ1) is 6.55. The van der Waals surface area contributed by atoms with Crippen LogP contribution in [0.5, 0.6) is 6.08 Å². The minimum Gasteiger partial charge on any atom is -0.433 e. The van der Waals surface area contributed by atoms with E-state index in [0.29, 0.717) is 5.82 Å². The Morgan fingerprint density at radius 3 is 3.10 bits per heavy atom. The second-order valence-electron chi connectivity index (χ2n) is 1.55. The zero-order chi connectivity index (χ0) is 7.40. The Balaban J connectivity index is 2.52. The summed E-state index contributed by atoms with van der Waals surface area (Å²) >= 11 is 0. The fourth-order valence-electron chi connectivity index (χ4n) is 0.431. The molecule has 0 aromatic carbocycles. The Labute approximate surface area is 57.2 Å². The van der Waals surface area contributed by atoms with Gasteiger partial charge in [-0.2, -0.15) is 10.2 Å². The Hall–Kier alpha value is -1.57. The molecule has 0 unspecified atom stereocenters. The summed E-state index contributed by atoms with van der Waals surface area (Å²) in [7, 11) is 0. The minimum atomic E-state index is -0.0678. The van der Waals surface area contributed by atoms with Crippen LogP contribution in [0.25, 0.3) is 0 Å². The van der Waals surface area contributed by atoms with Crippen molar-refractivity contribution in [1.82, 2.24) is 10.1 Å². The van der Waals surface area contributed by atoms with Gasteiger partial charge in [0.15, 0.2) is 12.4 Å². The molecule has 0 aliphatic carbocycles. The summed E-state index contributed by atoms with van der Waals surface area (Å²) in [6.45, 7) is 1.60. The highest BCUT2D eigenvalue weighted by Gasteiger charge is 2.00. The number of ether oxygens (including phenoxy) is 1. The van der Waals surface area contributed by atoms with Crippen molar-refractivity contribution in [3.63, 3.8) is 0 Å². The summed E-state index contributed by atoms with van der Waals surface area (Å²) in [5, 5.41) is 11.5. The SMILES string of the molecule is Cc1noc(OCC#N)n1. The lowest BCUT2D eigenvalue weighted by Gasteiger charge is -1.87. The van der Waals surface area contributed by atoms with Gasteiger partial charge in [0, 0.05) is 0 Å². The third-order valence-corrected chi connectivity index (χ3v) is 0.769. The number of rotatable bonds is 2. The number of hydrogen-bond donors (Lipinski definition) is 0. The molecule has 5 nitrogen and oxygen atoms in total. The Morgan fingerprint density at radius 1 is 1.80 bits per heavy atom. The molecule has 0 saturated carbocycles. The fraction of sp³-hybridized carbons (Fsp3) is 0.400. The molecule has 0 saturated heterocycles. The smallest absolute Gasteiger partial charge is 0.418 e. The first-order chi connectivity index (χ1) is 4.83. The Kier molecular flexibility index (Phi) is 1.85. The fourth-order valence-corrected chi connectivity index (χ4v) is 0.431. The van der Waals surface area contributed by atoms with Gasteiger partial charge in [-0.15, -0.1) is 0 Å². The predicted octanol–water partition coefficient (Wildman–Crippen LogP) is 0.280. The van der Waals surface area contributed by atoms with Gasteiger partial charge >= 0.3 is 6.08 Å². The molecule has 1 rings (SSSR count). The van der Waals surface area contributed by atoms with Crippen molar-refractivity contribution in [1.29, 1.82) is 5.26 Å². The molecule has 0 fully saturated rings. The molecule has 0 spiro atoms. The van der Waals surface area contributed by atoms with Gasteiger partial charge in [0.2, 0.25) is 0 Å². The van der Waals surface area contributed by atoms with E-state index < -0.39 is 0 Å². The summed E-state index contributed by atoms with van der Waals surface area (Å²) in [6.07, 6.45) is 0.0408. The number of hydrogen-bond acceptors (Lipinski definition) is 5. The van der Waals surface area contributed by atoms with Crippen LogP contribution in [0, 0.1) is 18.3 Å². The summed E-state index contributed by atoms with van der Waals surface area (Å²) in [5.41, 5.74) is 0. The lowest BCUT2D eigenvalue weighted by Crippen LogP contribution is -1.92. The summed E-state index contributed by atoms with van der Waals surface area (Å²) < 4.78 is 9.21. The molecule has 0 bridgehead atoms. The highest BCUT2D eigenvalue weighted by atomic mass is 16.6. The maximum absolute atomic E-state index is 8.07. The zero-order valence-corrected chi connectivity index (χ0v) is 5.37. The highest BCUT2D eigenvalue weighted by Crippen LogP contribution is 2.03. The molecule has 52 valence electrons. The molecule has 1 aromatic heterocycles. The molecule has 0 atom stereocenters. The van der Waals surface area contributed by atoms with Gasteiger partial charge in [0.1, 0.15) is 6.07 Å². The van der Waals surface area contributed by atoms with Crippen LogP contribution in [0.15, 0.2) is 4.52 Å². The normalized spacial score (nSPS) is 8.80. The van der Waals surface area contributed by atoms with Gasteiger partial charge < -0.3 is 4.74 Å². The maximum Gasteiger partial charge on any atom is 0.418 e. The molecule has 1 heterocycles. The maximum atomic E-state index is 8.07. The molecule has 0 amide bonds. The van der Waals surface area contributed by atoms with E-state index in [1.807, 2.05) is 0 Å². The number of aromatic nitrogens is 2. The molecule has 0 N–H and O–H groups in total. The van der Waals surface area contributed by atoms with Crippen LogP contribution in [0.2, 0.25) is 0 Å². The molecule has 0 aliphatic heterocycles. The second kappa shape index (κ2) is 2.82. The van der Waals surface area contributed by atoms with Crippen LogP contribution in [-0.2, 0) is 0 Å². The molecule has 0 aliphatic rings. The van der Waals surface area contributed by atoms with E-state index in [9.17, 15) is 0 Å². The van der Waals surface area contributed by atoms with Crippen LogP contribution >= 0.6 is 0 Å². The van der Waals surface area contributed by atoms with Gasteiger partial charge in [-0.3, -0.25) is 4.52 Å². The standard InChI is InChI=1S/C5H5N3O2/c1-4-7-5(10-8-4)9-3-2-6/h3H2,1H3. The number of nitrogens with zero attached hydrogens (tertiary/aromatic N) is 3. The molecule has 0 radical (unpaired) electrons. The van der Waals surface area contributed by atoms with E-state index >= 15 is 0 Å². The van der Waals surface area contributed by atoms with Crippen molar-refractivity contribution in [3.8, 4) is 12.1 Å². The van der Waals surface area contributed by atoms with Crippen LogP contribution in [0.3, 0.4) is 0 Å². The quantitative estimate of drug-likeness (QED) is 0.588. The largest absolute Gasteiger partial charge is 0.433 e. The monoisotopic (exact) mass is 139 g/mol. The second-order valence-corrected chi connectivity index (χ2v) is 1.55. The van der Waals surface area contributed by atoms with E-state index in [4.69, 9.17) is 5.26 Å². The predicted molar refractivity (Wildman–Crippen MR) is 30.1 cm³/mol. The summed E-state index contributed by atoms with van der Waals surface area (Å²) in [4.78, 5) is 3.70. The van der Waals surface area contributed by atoms with Crippen LogP contribution in [0.1, 0.15) is 5.82 Å². The van der Waals surface area contributed by atoms with Crippen molar-refractivity contribution < 1.29 is 9.26 Å². The van der Waals surface area contributed by atoms with E-state index in [1.54, 1.807) is 13.0 Å². The van der Waals surface area contributed by atoms with E-state index in [2.05, 4.69) is 19.4 Å². The van der Waals surface area contributed by atoms with Crippen LogP contribution < -0.4 is 4.74 Å². The Morgan fingerprint density at radius 2 is 2.60 bits per heavy atom. The van der Waals surface area contributed by atoms with Crippen molar-refractivity contribution in [3.05, 3.63) is 5.82 Å². The molecule has 10 heavy (non-hydrogen) atoms. The topological polar surface area (TPSA) is 71.9 Å². The molecule has 5 heteroatoms. The van der Waals surface area contributed by atoms with Crippen LogP contribution in [-0.4, -0.2) is 16.7 Å². The Bertz CT molecular complexity index is 250. The van der Waals surface area contributed by atoms with Gasteiger partial charge in [-0.25, -0.2) is 0 Å².